The van der Waals surface area contributed by atoms with E-state index < -0.39 is 6.04 Å². The zero-order valence-corrected chi connectivity index (χ0v) is 23.8. The van der Waals surface area contributed by atoms with Crippen LogP contribution >= 0.6 is 0 Å². The number of nitrogens with zero attached hydrogens (tertiary/aromatic N) is 5. The predicted molar refractivity (Wildman–Crippen MR) is 157 cm³/mol. The van der Waals surface area contributed by atoms with Gasteiger partial charge in [-0.25, -0.2) is 4.68 Å². The monoisotopic (exact) mass is 536 g/mol. The van der Waals surface area contributed by atoms with Gasteiger partial charge >= 0.3 is 0 Å². The van der Waals surface area contributed by atoms with E-state index in [1.807, 2.05) is 66.2 Å². The van der Waals surface area contributed by atoms with Gasteiger partial charge in [0.2, 0.25) is 0 Å². The molecule has 0 aliphatic rings. The number of aromatic nitrogens is 5. The van der Waals surface area contributed by atoms with Gasteiger partial charge in [-0.3, -0.25) is 9.69 Å². The summed E-state index contributed by atoms with van der Waals surface area (Å²) in [4.78, 5) is 19.3. The average molecular weight is 537 g/mol. The Kier molecular flexibility index (Phi) is 7.80. The van der Waals surface area contributed by atoms with Crippen molar-refractivity contribution in [3.05, 3.63) is 117 Å². The Bertz CT molecular complexity index is 1640. The fraction of sp³-hybridized carbons (Fsp3) is 0.312. The highest BCUT2D eigenvalue weighted by atomic mass is 16.5. The minimum absolute atomic E-state index is 0.150. The van der Waals surface area contributed by atoms with Crippen LogP contribution in [0.2, 0.25) is 0 Å². The molecular formula is C32H36N6O2. The molecule has 5 rings (SSSR count). The quantitative estimate of drug-likeness (QED) is 0.244. The van der Waals surface area contributed by atoms with Crippen LogP contribution in [0.4, 0.5) is 0 Å². The minimum atomic E-state index is -0.517. The van der Waals surface area contributed by atoms with Crippen molar-refractivity contribution in [1.29, 1.82) is 0 Å². The Hall–Kier alpha value is -4.30. The second-order valence-corrected chi connectivity index (χ2v) is 10.8. The van der Waals surface area contributed by atoms with Gasteiger partial charge in [0, 0.05) is 18.7 Å². The summed E-state index contributed by atoms with van der Waals surface area (Å²) in [7, 11) is 1.66. The van der Waals surface area contributed by atoms with E-state index in [0.29, 0.717) is 24.5 Å². The first-order valence-corrected chi connectivity index (χ1v) is 13.6. The van der Waals surface area contributed by atoms with Crippen molar-refractivity contribution in [1.82, 2.24) is 30.1 Å². The van der Waals surface area contributed by atoms with Crippen LogP contribution in [0.25, 0.3) is 10.9 Å². The van der Waals surface area contributed by atoms with Crippen molar-refractivity contribution >= 4 is 10.9 Å². The number of para-hydroxylation sites is 1. The Balaban J connectivity index is 1.73. The van der Waals surface area contributed by atoms with E-state index in [1.54, 1.807) is 7.11 Å². The number of aryl methyl sites for hydroxylation is 1. The van der Waals surface area contributed by atoms with Crippen molar-refractivity contribution in [3.63, 3.8) is 0 Å². The molecule has 0 saturated carbocycles. The normalized spacial score (nSPS) is 12.7. The molecule has 0 aliphatic carbocycles. The fourth-order valence-electron chi connectivity index (χ4n) is 5.07. The van der Waals surface area contributed by atoms with Gasteiger partial charge in [-0.1, -0.05) is 67.6 Å². The summed E-state index contributed by atoms with van der Waals surface area (Å²) in [6, 6.07) is 25.8. The molecule has 1 atom stereocenters. The molecule has 1 unspecified atom stereocenters. The number of pyridine rings is 1. The van der Waals surface area contributed by atoms with Crippen molar-refractivity contribution in [2.75, 3.05) is 7.11 Å². The maximum absolute atomic E-state index is 13.9. The van der Waals surface area contributed by atoms with Gasteiger partial charge in [-0.2, -0.15) is 0 Å². The largest absolute Gasteiger partial charge is 0.497 e. The van der Waals surface area contributed by atoms with Crippen molar-refractivity contribution in [2.24, 2.45) is 0 Å². The molecule has 8 heteroatoms. The van der Waals surface area contributed by atoms with Crippen LogP contribution in [0.15, 0.2) is 83.7 Å². The second kappa shape index (κ2) is 11.4. The molecule has 5 aromatic rings. The first kappa shape index (κ1) is 27.3. The molecule has 3 aromatic carbocycles. The topological polar surface area (TPSA) is 88.9 Å². The average Bonchev–Trinajstić information content (AvgIpc) is 3.45. The molecule has 8 nitrogen and oxygen atoms in total. The highest BCUT2D eigenvalue weighted by Gasteiger charge is 2.34. The van der Waals surface area contributed by atoms with Crippen molar-refractivity contribution in [3.8, 4) is 5.75 Å². The second-order valence-electron chi connectivity index (χ2n) is 10.8. The van der Waals surface area contributed by atoms with Gasteiger partial charge in [-0.15, -0.1) is 5.10 Å². The molecular weight excluding hydrogens is 500 g/mol. The molecule has 2 heterocycles. The van der Waals surface area contributed by atoms with E-state index in [1.165, 1.54) is 0 Å². The van der Waals surface area contributed by atoms with Gasteiger partial charge in [0.05, 0.1) is 18.2 Å². The molecule has 0 bridgehead atoms. The lowest BCUT2D eigenvalue weighted by Crippen LogP contribution is -2.38. The van der Waals surface area contributed by atoms with Crippen LogP contribution in [-0.4, -0.2) is 37.2 Å². The number of hydrogen-bond donors (Lipinski definition) is 1. The van der Waals surface area contributed by atoms with Gasteiger partial charge in [0.1, 0.15) is 11.8 Å². The highest BCUT2D eigenvalue weighted by molar-refractivity contribution is 5.82. The van der Waals surface area contributed by atoms with E-state index in [4.69, 9.17) is 4.74 Å². The summed E-state index contributed by atoms with van der Waals surface area (Å²) >= 11 is 0. The highest BCUT2D eigenvalue weighted by Crippen LogP contribution is 2.33. The van der Waals surface area contributed by atoms with Gasteiger partial charge < -0.3 is 9.72 Å². The molecule has 0 amide bonds. The van der Waals surface area contributed by atoms with Crippen LogP contribution in [-0.2, 0) is 18.6 Å². The molecule has 0 saturated heterocycles. The Labute approximate surface area is 234 Å². The summed E-state index contributed by atoms with van der Waals surface area (Å²) in [5, 5.41) is 14.1. The zero-order valence-electron chi connectivity index (χ0n) is 23.8. The summed E-state index contributed by atoms with van der Waals surface area (Å²) in [5.74, 6) is 1.43. The van der Waals surface area contributed by atoms with Crippen molar-refractivity contribution < 1.29 is 4.74 Å². The van der Waals surface area contributed by atoms with Crippen LogP contribution in [0.5, 0.6) is 5.75 Å². The number of fused-ring (bicyclic) bond motifs is 1. The number of tetrazole rings is 1. The fourth-order valence-corrected chi connectivity index (χ4v) is 5.07. The third-order valence-corrected chi connectivity index (χ3v) is 7.73. The lowest BCUT2D eigenvalue weighted by molar-refractivity contribution is 0.180. The number of hydrogen-bond acceptors (Lipinski definition) is 6. The molecule has 206 valence electrons. The van der Waals surface area contributed by atoms with Crippen LogP contribution in [0.3, 0.4) is 0 Å². The number of ether oxygens (including phenoxy) is 1. The first-order valence-electron chi connectivity index (χ1n) is 13.6. The maximum Gasteiger partial charge on any atom is 0.253 e. The SMILES string of the molecule is CCC(C)(C)n1nnnc1C(c1cc2cccc(C)c2[nH]c1=O)N(Cc1ccccc1)Cc1ccc(OC)cc1. The third kappa shape index (κ3) is 5.53. The Morgan fingerprint density at radius 3 is 2.35 bits per heavy atom. The summed E-state index contributed by atoms with van der Waals surface area (Å²) in [5.41, 5.74) is 4.18. The zero-order chi connectivity index (χ0) is 28.3. The predicted octanol–water partition coefficient (Wildman–Crippen LogP) is 5.77. The number of H-pyrrole nitrogens is 1. The smallest absolute Gasteiger partial charge is 0.253 e. The van der Waals surface area contributed by atoms with Crippen LogP contribution in [0, 0.1) is 6.92 Å². The standard InChI is InChI=1S/C32H36N6O2/c1-6-32(3,4)38-30(34-35-36-38)29(27-19-25-14-10-11-22(2)28(25)33-31(27)39)37(20-23-12-8-7-9-13-23)21-24-15-17-26(40-5)18-16-24/h7-19,29H,6,20-21H2,1-5H3,(H,33,39). The number of aromatic amines is 1. The molecule has 40 heavy (non-hydrogen) atoms. The minimum Gasteiger partial charge on any atom is -0.497 e. The van der Waals surface area contributed by atoms with E-state index in [-0.39, 0.29) is 11.1 Å². The van der Waals surface area contributed by atoms with Gasteiger partial charge in [0.15, 0.2) is 5.82 Å². The van der Waals surface area contributed by atoms with Gasteiger partial charge in [-0.05, 0) is 77.9 Å². The van der Waals surface area contributed by atoms with Crippen molar-refractivity contribution in [2.45, 2.75) is 58.8 Å². The molecule has 0 spiro atoms. The lowest BCUT2D eigenvalue weighted by atomic mass is 9.98. The Morgan fingerprint density at radius 1 is 0.975 bits per heavy atom. The first-order chi connectivity index (χ1) is 19.3. The number of rotatable bonds is 10. The van der Waals surface area contributed by atoms with E-state index in [9.17, 15) is 4.79 Å². The third-order valence-electron chi connectivity index (χ3n) is 7.73. The summed E-state index contributed by atoms with van der Waals surface area (Å²) in [6.07, 6.45) is 0.822. The maximum atomic E-state index is 13.9. The van der Waals surface area contributed by atoms with Crippen LogP contribution < -0.4 is 10.3 Å². The number of nitrogens with one attached hydrogen (secondary N) is 1. The Morgan fingerprint density at radius 2 is 1.68 bits per heavy atom. The molecule has 2 aromatic heterocycles. The van der Waals surface area contributed by atoms with Gasteiger partial charge in [0.25, 0.3) is 5.56 Å². The van der Waals surface area contributed by atoms with E-state index in [0.717, 1.165) is 39.8 Å². The molecule has 0 radical (unpaired) electrons. The van der Waals surface area contributed by atoms with Crippen LogP contribution in [0.1, 0.15) is 61.3 Å². The number of benzene rings is 3. The summed E-state index contributed by atoms with van der Waals surface area (Å²) < 4.78 is 7.27. The lowest BCUT2D eigenvalue weighted by Gasteiger charge is -2.33. The molecule has 1 N–H and O–H groups in total. The molecule has 0 aliphatic heterocycles. The van der Waals surface area contributed by atoms with E-state index >= 15 is 0 Å². The number of methoxy groups -OCH3 is 1. The summed E-state index contributed by atoms with van der Waals surface area (Å²) in [6.45, 7) is 9.50. The van der Waals surface area contributed by atoms with E-state index in [2.05, 4.69) is 70.4 Å². The molecule has 0 fully saturated rings.